The van der Waals surface area contributed by atoms with Crippen molar-refractivity contribution in [3.63, 3.8) is 0 Å². The molecule has 3 aromatic rings. The number of nitrogens with zero attached hydrogens (tertiary/aromatic N) is 2. The van der Waals surface area contributed by atoms with Gasteiger partial charge in [0.05, 0.1) is 11.8 Å². The highest BCUT2D eigenvalue weighted by Gasteiger charge is 2.15. The molecule has 2 aromatic heterocycles. The van der Waals surface area contributed by atoms with Gasteiger partial charge in [-0.1, -0.05) is 12.1 Å². The number of aromatic nitrogens is 2. The zero-order chi connectivity index (χ0) is 17.1. The quantitative estimate of drug-likeness (QED) is 0.738. The predicted octanol–water partition coefficient (Wildman–Crippen LogP) is 2.77. The molecule has 3 heterocycles. The molecular formula is C18H20N4O2S. The summed E-state index contributed by atoms with van der Waals surface area (Å²) in [6.07, 6.45) is 6.11. The van der Waals surface area contributed by atoms with Crippen LogP contribution in [0.25, 0.3) is 16.2 Å². The Morgan fingerprint density at radius 1 is 1.32 bits per heavy atom. The van der Waals surface area contributed by atoms with Crippen LogP contribution in [0.4, 0.5) is 5.69 Å². The minimum Gasteiger partial charge on any atom is -0.368 e. The van der Waals surface area contributed by atoms with Crippen LogP contribution >= 0.6 is 11.3 Å². The molecule has 130 valence electrons. The molecule has 0 unspecified atom stereocenters. The third-order valence-electron chi connectivity index (χ3n) is 4.29. The molecule has 0 saturated carbocycles. The number of hydrogen-bond acceptors (Lipinski definition) is 5. The van der Waals surface area contributed by atoms with Crippen molar-refractivity contribution in [1.82, 2.24) is 14.7 Å². The van der Waals surface area contributed by atoms with Crippen molar-refractivity contribution in [3.8, 4) is 11.3 Å². The Labute approximate surface area is 149 Å². The van der Waals surface area contributed by atoms with E-state index in [0.717, 1.165) is 47.8 Å². The standard InChI is InChI=1S/C18H20N4O2S/c23-17(12-24-15-5-7-19-8-6-15)20-14-3-1-13(2-4-14)16-11-22-9-10-25-18(22)21-16/h1-4,9-11,15,19H,5-8,12H2,(H,20,23). The fourth-order valence-electron chi connectivity index (χ4n) is 2.94. The molecule has 2 N–H and O–H groups in total. The molecule has 7 heteroatoms. The van der Waals surface area contributed by atoms with E-state index in [4.69, 9.17) is 4.74 Å². The molecule has 1 saturated heterocycles. The van der Waals surface area contributed by atoms with Crippen LogP contribution in [0.15, 0.2) is 42.0 Å². The van der Waals surface area contributed by atoms with E-state index >= 15 is 0 Å². The summed E-state index contributed by atoms with van der Waals surface area (Å²) in [6, 6.07) is 7.72. The summed E-state index contributed by atoms with van der Waals surface area (Å²) in [4.78, 5) is 17.6. The molecule has 1 fully saturated rings. The molecule has 4 rings (SSSR count). The molecule has 0 radical (unpaired) electrons. The first kappa shape index (κ1) is 16.3. The van der Waals surface area contributed by atoms with Crippen molar-refractivity contribution >= 4 is 27.9 Å². The van der Waals surface area contributed by atoms with Crippen LogP contribution in [-0.4, -0.2) is 41.1 Å². The van der Waals surface area contributed by atoms with Crippen LogP contribution < -0.4 is 10.6 Å². The summed E-state index contributed by atoms with van der Waals surface area (Å²) in [5.41, 5.74) is 2.72. The zero-order valence-corrected chi connectivity index (χ0v) is 14.6. The van der Waals surface area contributed by atoms with E-state index in [1.165, 1.54) is 0 Å². The number of nitrogens with one attached hydrogen (secondary N) is 2. The fraction of sp³-hybridized carbons (Fsp3) is 0.333. The number of carbonyl (C=O) groups is 1. The van der Waals surface area contributed by atoms with Gasteiger partial charge >= 0.3 is 0 Å². The van der Waals surface area contributed by atoms with Gasteiger partial charge in [-0.25, -0.2) is 4.98 Å². The molecule has 1 aromatic carbocycles. The third kappa shape index (κ3) is 3.89. The Morgan fingerprint density at radius 2 is 2.12 bits per heavy atom. The zero-order valence-electron chi connectivity index (χ0n) is 13.8. The van der Waals surface area contributed by atoms with Crippen LogP contribution in [0.3, 0.4) is 0 Å². The molecule has 0 aliphatic carbocycles. The second kappa shape index (κ2) is 7.35. The average molecular weight is 356 g/mol. The van der Waals surface area contributed by atoms with Crippen LogP contribution in [0.1, 0.15) is 12.8 Å². The first-order valence-corrected chi connectivity index (χ1v) is 9.31. The van der Waals surface area contributed by atoms with E-state index in [0.29, 0.717) is 0 Å². The highest BCUT2D eigenvalue weighted by Crippen LogP contribution is 2.23. The van der Waals surface area contributed by atoms with Crippen LogP contribution in [0, 0.1) is 0 Å². The van der Waals surface area contributed by atoms with E-state index < -0.39 is 0 Å². The van der Waals surface area contributed by atoms with E-state index in [1.54, 1.807) is 11.3 Å². The van der Waals surface area contributed by atoms with Gasteiger partial charge in [-0.3, -0.25) is 9.20 Å². The molecule has 6 nitrogen and oxygen atoms in total. The SMILES string of the molecule is O=C(COC1CCNCC1)Nc1ccc(-c2cn3ccsc3n2)cc1. The number of thiazole rings is 1. The fourth-order valence-corrected chi connectivity index (χ4v) is 3.64. The lowest BCUT2D eigenvalue weighted by atomic mass is 10.1. The van der Waals surface area contributed by atoms with Gasteiger partial charge in [0.2, 0.25) is 5.91 Å². The summed E-state index contributed by atoms with van der Waals surface area (Å²) in [7, 11) is 0. The molecule has 0 bridgehead atoms. The van der Waals surface area contributed by atoms with E-state index in [1.807, 2.05) is 46.4 Å². The Morgan fingerprint density at radius 3 is 2.88 bits per heavy atom. The van der Waals surface area contributed by atoms with Gasteiger partial charge < -0.3 is 15.4 Å². The maximum atomic E-state index is 12.0. The van der Waals surface area contributed by atoms with Gasteiger partial charge in [0.15, 0.2) is 4.96 Å². The van der Waals surface area contributed by atoms with Crippen molar-refractivity contribution in [2.45, 2.75) is 18.9 Å². The average Bonchev–Trinajstić information content (AvgIpc) is 3.24. The van der Waals surface area contributed by atoms with Crippen molar-refractivity contribution in [1.29, 1.82) is 0 Å². The summed E-state index contributed by atoms with van der Waals surface area (Å²) in [5.74, 6) is -0.117. The lowest BCUT2D eigenvalue weighted by molar-refractivity contribution is -0.123. The number of fused-ring (bicyclic) bond motifs is 1. The molecule has 1 aliphatic rings. The molecule has 1 amide bonds. The van der Waals surface area contributed by atoms with Crippen LogP contribution in [0.2, 0.25) is 0 Å². The van der Waals surface area contributed by atoms with Gasteiger partial charge in [0.1, 0.15) is 6.61 Å². The Kier molecular flexibility index (Phi) is 4.78. The highest BCUT2D eigenvalue weighted by atomic mass is 32.1. The molecular weight excluding hydrogens is 336 g/mol. The predicted molar refractivity (Wildman–Crippen MR) is 99.0 cm³/mol. The number of hydrogen-bond donors (Lipinski definition) is 2. The monoisotopic (exact) mass is 356 g/mol. The third-order valence-corrected chi connectivity index (χ3v) is 5.06. The second-order valence-corrected chi connectivity index (χ2v) is 6.98. The Balaban J connectivity index is 1.33. The molecule has 25 heavy (non-hydrogen) atoms. The van der Waals surface area contributed by atoms with E-state index in [9.17, 15) is 4.79 Å². The first-order chi connectivity index (χ1) is 12.3. The summed E-state index contributed by atoms with van der Waals surface area (Å²) >= 11 is 1.61. The maximum Gasteiger partial charge on any atom is 0.250 e. The summed E-state index contributed by atoms with van der Waals surface area (Å²) < 4.78 is 7.68. The number of carbonyl (C=O) groups excluding carboxylic acids is 1. The Hall–Kier alpha value is -2.22. The van der Waals surface area contributed by atoms with Crippen molar-refractivity contribution < 1.29 is 9.53 Å². The number of benzene rings is 1. The Bertz CT molecular complexity index is 821. The number of imidazole rings is 1. The first-order valence-electron chi connectivity index (χ1n) is 8.43. The molecule has 0 spiro atoms. The maximum absolute atomic E-state index is 12.0. The number of anilines is 1. The number of ether oxygens (including phenoxy) is 1. The molecule has 0 atom stereocenters. The van der Waals surface area contributed by atoms with E-state index in [-0.39, 0.29) is 18.6 Å². The second-order valence-electron chi connectivity index (χ2n) is 6.10. The largest absolute Gasteiger partial charge is 0.368 e. The number of amides is 1. The van der Waals surface area contributed by atoms with Gasteiger partial charge in [-0.2, -0.15) is 0 Å². The summed E-state index contributed by atoms with van der Waals surface area (Å²) in [5, 5.41) is 8.17. The lowest BCUT2D eigenvalue weighted by Gasteiger charge is -2.22. The van der Waals surface area contributed by atoms with Gasteiger partial charge in [-0.15, -0.1) is 11.3 Å². The minimum atomic E-state index is -0.117. The number of piperidine rings is 1. The summed E-state index contributed by atoms with van der Waals surface area (Å²) in [6.45, 7) is 2.02. The minimum absolute atomic E-state index is 0.101. The number of rotatable bonds is 5. The smallest absolute Gasteiger partial charge is 0.250 e. The highest BCUT2D eigenvalue weighted by molar-refractivity contribution is 7.15. The topological polar surface area (TPSA) is 67.7 Å². The lowest BCUT2D eigenvalue weighted by Crippen LogP contribution is -2.34. The normalized spacial score (nSPS) is 15.5. The van der Waals surface area contributed by atoms with E-state index in [2.05, 4.69) is 15.6 Å². The van der Waals surface area contributed by atoms with Crippen LogP contribution in [-0.2, 0) is 9.53 Å². The van der Waals surface area contributed by atoms with Gasteiger partial charge in [-0.05, 0) is 38.1 Å². The van der Waals surface area contributed by atoms with Crippen molar-refractivity contribution in [2.75, 3.05) is 25.0 Å². The van der Waals surface area contributed by atoms with Crippen LogP contribution in [0.5, 0.6) is 0 Å². The molecule has 1 aliphatic heterocycles. The van der Waals surface area contributed by atoms with Crippen molar-refractivity contribution in [2.24, 2.45) is 0 Å². The van der Waals surface area contributed by atoms with Gasteiger partial charge in [0.25, 0.3) is 0 Å². The van der Waals surface area contributed by atoms with Gasteiger partial charge in [0, 0.05) is 29.0 Å². The van der Waals surface area contributed by atoms with Crippen molar-refractivity contribution in [3.05, 3.63) is 42.0 Å².